The molecule has 0 radical (unpaired) electrons. The number of aromatic nitrogens is 1. The van der Waals surface area contributed by atoms with Crippen LogP contribution in [0.1, 0.15) is 44.1 Å². The highest BCUT2D eigenvalue weighted by Crippen LogP contribution is 2.23. The second kappa shape index (κ2) is 9.70. The monoisotopic (exact) mass is 424 g/mol. The van der Waals surface area contributed by atoms with Crippen LogP contribution in [0.15, 0.2) is 18.2 Å². The van der Waals surface area contributed by atoms with Crippen LogP contribution in [-0.4, -0.2) is 39.9 Å². The van der Waals surface area contributed by atoms with Crippen molar-refractivity contribution in [2.75, 3.05) is 11.9 Å². The minimum atomic E-state index is -0.947. The predicted octanol–water partition coefficient (Wildman–Crippen LogP) is 1.59. The second-order valence-corrected chi connectivity index (χ2v) is 6.79. The maximum atomic E-state index is 13.5. The van der Waals surface area contributed by atoms with Crippen molar-refractivity contribution in [1.29, 1.82) is 5.26 Å². The number of rotatable bonds is 7. The Bertz CT molecular complexity index is 1140. The van der Waals surface area contributed by atoms with Gasteiger partial charge < -0.3 is 20.3 Å². The molecule has 160 valence electrons. The zero-order valence-electron chi connectivity index (χ0n) is 17.2. The van der Waals surface area contributed by atoms with Gasteiger partial charge in [-0.3, -0.25) is 14.4 Å². The lowest BCUT2D eigenvalue weighted by Crippen LogP contribution is -2.39. The molecule has 9 heteroatoms. The summed E-state index contributed by atoms with van der Waals surface area (Å²) in [5.41, 5.74) is 0.824. The van der Waals surface area contributed by atoms with Gasteiger partial charge in [-0.25, -0.2) is 4.39 Å². The lowest BCUT2D eigenvalue weighted by atomic mass is 10.0. The number of amides is 2. The number of terminal acetylenes is 1. The number of hydrogen-bond acceptors (Lipinski definition) is 5. The van der Waals surface area contributed by atoms with E-state index in [0.717, 1.165) is 6.07 Å². The summed E-state index contributed by atoms with van der Waals surface area (Å²) < 4.78 is 15.0. The van der Waals surface area contributed by atoms with Crippen LogP contribution in [0.2, 0.25) is 0 Å². The third kappa shape index (κ3) is 4.80. The molecule has 2 rings (SSSR count). The maximum absolute atomic E-state index is 13.5. The fourth-order valence-corrected chi connectivity index (χ4v) is 3.18. The van der Waals surface area contributed by atoms with E-state index in [1.165, 1.54) is 23.6 Å². The van der Waals surface area contributed by atoms with Gasteiger partial charge in [0.25, 0.3) is 17.6 Å². The third-order valence-electron chi connectivity index (χ3n) is 4.85. The molecule has 31 heavy (non-hydrogen) atoms. The highest BCUT2D eigenvalue weighted by atomic mass is 19.1. The summed E-state index contributed by atoms with van der Waals surface area (Å²) in [5, 5.41) is 22.9. The molecular formula is C22H21FN4O4. The SMILES string of the molecule is C#C[C@@H](CCO)NC(=O)C(=O)c1c(C)c(C(=O)Nc2ccc(F)c(C#N)c2)n(C)c1C. The molecule has 2 amide bonds. The molecule has 1 heterocycles. The summed E-state index contributed by atoms with van der Waals surface area (Å²) in [4.78, 5) is 37.9. The Labute approximate surface area is 178 Å². The fourth-order valence-electron chi connectivity index (χ4n) is 3.18. The van der Waals surface area contributed by atoms with Crippen LogP contribution < -0.4 is 10.6 Å². The van der Waals surface area contributed by atoms with E-state index >= 15 is 0 Å². The van der Waals surface area contributed by atoms with Crippen LogP contribution in [0.4, 0.5) is 10.1 Å². The highest BCUT2D eigenvalue weighted by Gasteiger charge is 2.29. The minimum Gasteiger partial charge on any atom is -0.396 e. The van der Waals surface area contributed by atoms with Crippen molar-refractivity contribution in [3.05, 3.63) is 52.1 Å². The summed E-state index contributed by atoms with van der Waals surface area (Å²) in [6.45, 7) is 2.86. The fraction of sp³-hybridized carbons (Fsp3) is 0.273. The number of benzene rings is 1. The molecule has 0 aliphatic heterocycles. The van der Waals surface area contributed by atoms with E-state index in [9.17, 15) is 18.8 Å². The lowest BCUT2D eigenvalue weighted by molar-refractivity contribution is -0.117. The first-order valence-corrected chi connectivity index (χ1v) is 9.25. The number of carbonyl (C=O) groups excluding carboxylic acids is 3. The van der Waals surface area contributed by atoms with Crippen LogP contribution in [-0.2, 0) is 11.8 Å². The van der Waals surface area contributed by atoms with Crippen molar-refractivity contribution >= 4 is 23.3 Å². The first-order chi connectivity index (χ1) is 14.7. The van der Waals surface area contributed by atoms with Gasteiger partial charge in [-0.2, -0.15) is 5.26 Å². The lowest BCUT2D eigenvalue weighted by Gasteiger charge is -2.11. The smallest absolute Gasteiger partial charge is 0.293 e. The number of aliphatic hydroxyl groups is 1. The van der Waals surface area contributed by atoms with E-state index in [1.54, 1.807) is 20.0 Å². The van der Waals surface area contributed by atoms with Crippen molar-refractivity contribution in [1.82, 2.24) is 9.88 Å². The van der Waals surface area contributed by atoms with Crippen LogP contribution in [0, 0.1) is 43.3 Å². The van der Waals surface area contributed by atoms with Crippen LogP contribution in [0.25, 0.3) is 0 Å². The van der Waals surface area contributed by atoms with Crippen LogP contribution >= 0.6 is 0 Å². The Morgan fingerprint density at radius 2 is 2.00 bits per heavy atom. The van der Waals surface area contributed by atoms with Crippen molar-refractivity contribution in [2.24, 2.45) is 7.05 Å². The Morgan fingerprint density at radius 1 is 1.32 bits per heavy atom. The van der Waals surface area contributed by atoms with Gasteiger partial charge in [0.15, 0.2) is 0 Å². The summed E-state index contributed by atoms with van der Waals surface area (Å²) >= 11 is 0. The standard InChI is InChI=1S/C22H21FN4O4/c1-5-15(8-9-28)25-22(31)20(29)18-12(2)19(27(4)13(18)3)21(30)26-16-6-7-17(23)14(10-16)11-24/h1,6-7,10,15,28H,8-9H2,2-4H3,(H,25,31)(H,26,30)/t15-/m0/s1. The Hall–Kier alpha value is -3.95. The minimum absolute atomic E-state index is 0.0572. The van der Waals surface area contributed by atoms with E-state index in [0.29, 0.717) is 5.69 Å². The van der Waals surface area contributed by atoms with E-state index in [2.05, 4.69) is 16.6 Å². The molecule has 0 aliphatic carbocycles. The first kappa shape index (κ1) is 23.3. The molecule has 1 aromatic heterocycles. The molecule has 0 saturated heterocycles. The molecule has 0 saturated carbocycles. The summed E-state index contributed by atoms with van der Waals surface area (Å²) in [6.07, 6.45) is 5.38. The Balaban J connectivity index is 2.34. The van der Waals surface area contributed by atoms with Gasteiger partial charge in [-0.05, 0) is 37.6 Å². The average Bonchev–Trinajstić information content (AvgIpc) is 2.96. The molecule has 1 aromatic carbocycles. The number of halogens is 1. The molecule has 1 atom stereocenters. The van der Waals surface area contributed by atoms with E-state index < -0.39 is 29.5 Å². The van der Waals surface area contributed by atoms with Gasteiger partial charge in [0.1, 0.15) is 17.6 Å². The van der Waals surface area contributed by atoms with Crippen molar-refractivity contribution < 1.29 is 23.9 Å². The van der Waals surface area contributed by atoms with E-state index in [-0.39, 0.29) is 41.1 Å². The molecule has 0 fully saturated rings. The molecule has 0 aliphatic rings. The van der Waals surface area contributed by atoms with Crippen LogP contribution in [0.3, 0.4) is 0 Å². The summed E-state index contributed by atoms with van der Waals surface area (Å²) in [5.74, 6) is -0.838. The zero-order chi connectivity index (χ0) is 23.3. The molecule has 0 unspecified atom stereocenters. The summed E-state index contributed by atoms with van der Waals surface area (Å²) in [6, 6.07) is 4.45. The van der Waals surface area contributed by atoms with Crippen molar-refractivity contribution in [2.45, 2.75) is 26.3 Å². The van der Waals surface area contributed by atoms with Gasteiger partial charge in [-0.15, -0.1) is 6.42 Å². The number of nitrogens with one attached hydrogen (secondary N) is 2. The quantitative estimate of drug-likeness (QED) is 0.354. The van der Waals surface area contributed by atoms with Crippen molar-refractivity contribution in [3.8, 4) is 18.4 Å². The zero-order valence-corrected chi connectivity index (χ0v) is 17.2. The van der Waals surface area contributed by atoms with Gasteiger partial charge >= 0.3 is 0 Å². The maximum Gasteiger partial charge on any atom is 0.293 e. The number of nitriles is 1. The van der Waals surface area contributed by atoms with Gasteiger partial charge in [0.05, 0.1) is 17.2 Å². The molecule has 0 bridgehead atoms. The molecule has 8 nitrogen and oxygen atoms in total. The molecule has 0 spiro atoms. The largest absolute Gasteiger partial charge is 0.396 e. The summed E-state index contributed by atoms with van der Waals surface area (Å²) in [7, 11) is 1.56. The number of aliphatic hydroxyl groups excluding tert-OH is 1. The number of hydrogen-bond donors (Lipinski definition) is 3. The topological polar surface area (TPSA) is 124 Å². The van der Waals surface area contributed by atoms with E-state index in [1.807, 2.05) is 0 Å². The Morgan fingerprint density at radius 3 is 2.58 bits per heavy atom. The van der Waals surface area contributed by atoms with Gasteiger partial charge in [0, 0.05) is 31.5 Å². The molecule has 3 N–H and O–H groups in total. The molecule has 2 aromatic rings. The number of carbonyl (C=O) groups is 3. The molecular weight excluding hydrogens is 403 g/mol. The predicted molar refractivity (Wildman–Crippen MR) is 111 cm³/mol. The highest BCUT2D eigenvalue weighted by molar-refractivity contribution is 6.43. The average molecular weight is 424 g/mol. The number of ketones is 1. The number of Topliss-reactive ketones (excluding diaryl/α,β-unsaturated/α-hetero) is 1. The van der Waals surface area contributed by atoms with Gasteiger partial charge in [0.2, 0.25) is 0 Å². The van der Waals surface area contributed by atoms with Gasteiger partial charge in [-0.1, -0.05) is 5.92 Å². The van der Waals surface area contributed by atoms with Crippen LogP contribution in [0.5, 0.6) is 0 Å². The Kier molecular flexibility index (Phi) is 7.30. The second-order valence-electron chi connectivity index (χ2n) is 6.79. The third-order valence-corrected chi connectivity index (χ3v) is 4.85. The van der Waals surface area contributed by atoms with Crippen molar-refractivity contribution in [3.63, 3.8) is 0 Å². The number of anilines is 1. The van der Waals surface area contributed by atoms with E-state index in [4.69, 9.17) is 16.8 Å². The first-order valence-electron chi connectivity index (χ1n) is 9.25. The normalized spacial score (nSPS) is 11.2. The number of nitrogens with zero attached hydrogens (tertiary/aromatic N) is 2.